The number of anilines is 1. The van der Waals surface area contributed by atoms with Crippen LogP contribution >= 0.6 is 0 Å². The zero-order chi connectivity index (χ0) is 7.68. The molecule has 0 aromatic carbocycles. The van der Waals surface area contributed by atoms with Gasteiger partial charge in [0, 0.05) is 18.6 Å². The van der Waals surface area contributed by atoms with Crippen LogP contribution in [0.3, 0.4) is 0 Å². The van der Waals surface area contributed by atoms with Crippen LogP contribution < -0.4 is 5.73 Å². The molecular weight excluding hydrogens is 144 g/mol. The molecular formula is C7H10N2O2. The lowest BCUT2D eigenvalue weighted by atomic mass is 10.1. The zero-order valence-corrected chi connectivity index (χ0v) is 6.12. The van der Waals surface area contributed by atoms with E-state index < -0.39 is 0 Å². The van der Waals surface area contributed by atoms with Gasteiger partial charge in [-0.25, -0.2) is 0 Å². The van der Waals surface area contributed by atoms with Gasteiger partial charge in [0.05, 0.1) is 12.3 Å². The summed E-state index contributed by atoms with van der Waals surface area (Å²) in [5.41, 5.74) is 6.29. The Morgan fingerprint density at radius 1 is 1.64 bits per heavy atom. The first kappa shape index (κ1) is 6.67. The number of nitrogens with zero attached hydrogens (tertiary/aromatic N) is 1. The zero-order valence-electron chi connectivity index (χ0n) is 6.12. The maximum atomic E-state index is 5.38. The van der Waals surface area contributed by atoms with Gasteiger partial charge in [-0.15, -0.1) is 0 Å². The van der Waals surface area contributed by atoms with E-state index in [1.165, 1.54) is 0 Å². The molecule has 0 amide bonds. The lowest BCUT2D eigenvalue weighted by molar-refractivity contribution is 0.193. The standard InChI is InChI=1S/C7H10N2O2/c8-7-3-6(9-11-7)5-1-2-10-4-5/h3,5H,1-2,4,8H2/t5-/m1/s1. The molecule has 2 N–H and O–H groups in total. The second-order valence-corrected chi connectivity index (χ2v) is 2.71. The van der Waals surface area contributed by atoms with Crippen LogP contribution in [0.15, 0.2) is 10.6 Å². The topological polar surface area (TPSA) is 61.3 Å². The van der Waals surface area contributed by atoms with Crippen LogP contribution in [0.1, 0.15) is 18.0 Å². The van der Waals surface area contributed by atoms with E-state index in [2.05, 4.69) is 5.16 Å². The van der Waals surface area contributed by atoms with Gasteiger partial charge in [-0.1, -0.05) is 5.16 Å². The summed E-state index contributed by atoms with van der Waals surface area (Å²) in [6, 6.07) is 1.76. The van der Waals surface area contributed by atoms with Crippen molar-refractivity contribution in [2.24, 2.45) is 0 Å². The fourth-order valence-electron chi connectivity index (χ4n) is 1.26. The third-order valence-corrected chi connectivity index (χ3v) is 1.89. The lowest BCUT2D eigenvalue weighted by Crippen LogP contribution is -1.96. The molecule has 1 aromatic rings. The third kappa shape index (κ3) is 1.21. The van der Waals surface area contributed by atoms with Gasteiger partial charge in [-0.3, -0.25) is 0 Å². The molecule has 1 aliphatic rings. The molecule has 4 nitrogen and oxygen atoms in total. The maximum Gasteiger partial charge on any atom is 0.222 e. The molecule has 0 radical (unpaired) electrons. The predicted molar refractivity (Wildman–Crippen MR) is 39.1 cm³/mol. The van der Waals surface area contributed by atoms with Crippen molar-refractivity contribution in [3.05, 3.63) is 11.8 Å². The van der Waals surface area contributed by atoms with E-state index in [-0.39, 0.29) is 0 Å². The third-order valence-electron chi connectivity index (χ3n) is 1.89. The molecule has 1 aliphatic heterocycles. The molecule has 4 heteroatoms. The minimum absolute atomic E-state index is 0.381. The molecule has 1 fully saturated rings. The van der Waals surface area contributed by atoms with E-state index in [9.17, 15) is 0 Å². The van der Waals surface area contributed by atoms with Gasteiger partial charge in [0.25, 0.3) is 0 Å². The summed E-state index contributed by atoms with van der Waals surface area (Å²) >= 11 is 0. The number of nitrogens with two attached hydrogens (primary N) is 1. The van der Waals surface area contributed by atoms with Crippen molar-refractivity contribution in [3.8, 4) is 0 Å². The van der Waals surface area contributed by atoms with Gasteiger partial charge in [-0.2, -0.15) is 0 Å². The average Bonchev–Trinajstić information content (AvgIpc) is 2.55. The molecule has 1 aromatic heterocycles. The van der Waals surface area contributed by atoms with Gasteiger partial charge in [0.15, 0.2) is 0 Å². The molecule has 0 spiro atoms. The molecule has 2 rings (SSSR count). The Hall–Kier alpha value is -1.03. The minimum atomic E-state index is 0.381. The first-order chi connectivity index (χ1) is 5.36. The largest absolute Gasteiger partial charge is 0.381 e. The van der Waals surface area contributed by atoms with Crippen LogP contribution in [-0.2, 0) is 4.74 Å². The summed E-state index contributed by atoms with van der Waals surface area (Å²) in [5, 5.41) is 3.82. The summed E-state index contributed by atoms with van der Waals surface area (Å²) in [6.07, 6.45) is 1.02. The van der Waals surface area contributed by atoms with Crippen LogP contribution in [-0.4, -0.2) is 18.4 Å². The summed E-state index contributed by atoms with van der Waals surface area (Å²) < 4.78 is 9.95. The van der Waals surface area contributed by atoms with Gasteiger partial charge in [0.1, 0.15) is 0 Å². The fraction of sp³-hybridized carbons (Fsp3) is 0.571. The summed E-state index contributed by atoms with van der Waals surface area (Å²) in [4.78, 5) is 0. The second kappa shape index (κ2) is 2.54. The van der Waals surface area contributed by atoms with E-state index in [0.717, 1.165) is 25.3 Å². The van der Waals surface area contributed by atoms with Crippen LogP contribution in [0.2, 0.25) is 0 Å². The number of nitrogen functional groups attached to an aromatic ring is 1. The van der Waals surface area contributed by atoms with Crippen molar-refractivity contribution in [1.29, 1.82) is 0 Å². The molecule has 11 heavy (non-hydrogen) atoms. The van der Waals surface area contributed by atoms with Crippen molar-refractivity contribution < 1.29 is 9.26 Å². The quantitative estimate of drug-likeness (QED) is 0.648. The second-order valence-electron chi connectivity index (χ2n) is 2.71. The maximum absolute atomic E-state index is 5.38. The number of hydrogen-bond acceptors (Lipinski definition) is 4. The molecule has 0 unspecified atom stereocenters. The van der Waals surface area contributed by atoms with Crippen molar-refractivity contribution in [1.82, 2.24) is 5.16 Å². The molecule has 1 atom stereocenters. The Morgan fingerprint density at radius 2 is 2.55 bits per heavy atom. The summed E-state index contributed by atoms with van der Waals surface area (Å²) in [7, 11) is 0. The van der Waals surface area contributed by atoms with Crippen LogP contribution in [0, 0.1) is 0 Å². The molecule has 60 valence electrons. The highest BCUT2D eigenvalue weighted by Gasteiger charge is 2.20. The number of rotatable bonds is 1. The lowest BCUT2D eigenvalue weighted by Gasteiger charge is -1.98. The van der Waals surface area contributed by atoms with Crippen molar-refractivity contribution >= 4 is 5.88 Å². The molecule has 0 bridgehead atoms. The van der Waals surface area contributed by atoms with Gasteiger partial charge in [-0.05, 0) is 6.42 Å². The Kier molecular flexibility index (Phi) is 1.54. The van der Waals surface area contributed by atoms with Crippen LogP contribution in [0.5, 0.6) is 0 Å². The smallest absolute Gasteiger partial charge is 0.222 e. The monoisotopic (exact) mass is 154 g/mol. The van der Waals surface area contributed by atoms with E-state index >= 15 is 0 Å². The van der Waals surface area contributed by atoms with Gasteiger partial charge >= 0.3 is 0 Å². The first-order valence-electron chi connectivity index (χ1n) is 3.66. The molecule has 1 saturated heterocycles. The molecule has 2 heterocycles. The number of ether oxygens (including phenoxy) is 1. The van der Waals surface area contributed by atoms with Crippen LogP contribution in [0.4, 0.5) is 5.88 Å². The highest BCUT2D eigenvalue weighted by atomic mass is 16.5. The van der Waals surface area contributed by atoms with E-state index in [0.29, 0.717) is 11.8 Å². The first-order valence-corrected chi connectivity index (χ1v) is 3.66. The van der Waals surface area contributed by atoms with E-state index in [4.69, 9.17) is 15.0 Å². The Bertz CT molecular complexity index is 240. The van der Waals surface area contributed by atoms with Crippen molar-refractivity contribution in [2.75, 3.05) is 18.9 Å². The van der Waals surface area contributed by atoms with Gasteiger partial charge < -0.3 is 15.0 Å². The minimum Gasteiger partial charge on any atom is -0.381 e. The van der Waals surface area contributed by atoms with Gasteiger partial charge in [0.2, 0.25) is 5.88 Å². The highest BCUT2D eigenvalue weighted by molar-refractivity contribution is 5.26. The average molecular weight is 154 g/mol. The predicted octanol–water partition coefficient (Wildman–Crippen LogP) is 0.761. The molecule has 0 aliphatic carbocycles. The van der Waals surface area contributed by atoms with Crippen molar-refractivity contribution in [2.45, 2.75) is 12.3 Å². The Balaban J connectivity index is 2.15. The number of hydrogen-bond donors (Lipinski definition) is 1. The molecule has 0 saturated carbocycles. The van der Waals surface area contributed by atoms with Crippen molar-refractivity contribution in [3.63, 3.8) is 0 Å². The highest BCUT2D eigenvalue weighted by Crippen LogP contribution is 2.24. The Labute approximate surface area is 64.3 Å². The summed E-state index contributed by atoms with van der Waals surface area (Å²) in [6.45, 7) is 1.56. The van der Waals surface area contributed by atoms with E-state index in [1.807, 2.05) is 0 Å². The van der Waals surface area contributed by atoms with E-state index in [1.54, 1.807) is 6.07 Å². The summed E-state index contributed by atoms with van der Waals surface area (Å²) in [5.74, 6) is 0.767. The van der Waals surface area contributed by atoms with Crippen LogP contribution in [0.25, 0.3) is 0 Å². The number of aromatic nitrogens is 1. The Morgan fingerprint density at radius 3 is 3.09 bits per heavy atom. The normalized spacial score (nSPS) is 24.2. The fourth-order valence-corrected chi connectivity index (χ4v) is 1.26. The SMILES string of the molecule is Nc1cc([C@@H]2CCOC2)no1.